The third kappa shape index (κ3) is 3.51. The highest BCUT2D eigenvalue weighted by Crippen LogP contribution is 2.11. The summed E-state index contributed by atoms with van der Waals surface area (Å²) in [5.74, 6) is 2.49. The van der Waals surface area contributed by atoms with Gasteiger partial charge in [-0.15, -0.1) is 0 Å². The highest BCUT2D eigenvalue weighted by Gasteiger charge is 2.07. The number of hydrogen-bond donors (Lipinski definition) is 1. The summed E-state index contributed by atoms with van der Waals surface area (Å²) in [4.78, 5) is 13.2. The number of hydrogen-bond acceptors (Lipinski definition) is 5. The summed E-state index contributed by atoms with van der Waals surface area (Å²) < 4.78 is 7.09. The molecular formula is C13H19N5O. The van der Waals surface area contributed by atoms with E-state index in [4.69, 9.17) is 4.74 Å². The topological polar surface area (TPSA) is 64.9 Å². The van der Waals surface area contributed by atoms with Crippen molar-refractivity contribution in [2.24, 2.45) is 7.05 Å². The summed E-state index contributed by atoms with van der Waals surface area (Å²) in [5, 5.41) is 3.21. The van der Waals surface area contributed by atoms with Crippen molar-refractivity contribution in [2.45, 2.75) is 20.0 Å². The van der Waals surface area contributed by atoms with Gasteiger partial charge in [-0.05, 0) is 6.92 Å². The zero-order valence-corrected chi connectivity index (χ0v) is 11.6. The maximum absolute atomic E-state index is 5.10. The van der Waals surface area contributed by atoms with E-state index in [2.05, 4.69) is 20.3 Å². The molecule has 0 spiro atoms. The van der Waals surface area contributed by atoms with Gasteiger partial charge in [0.15, 0.2) is 5.82 Å². The van der Waals surface area contributed by atoms with Crippen molar-refractivity contribution in [3.63, 3.8) is 0 Å². The second-order valence-electron chi connectivity index (χ2n) is 4.26. The number of aryl methyl sites for hydroxylation is 1. The minimum absolute atomic E-state index is 0.410. The molecule has 0 radical (unpaired) electrons. The Bertz CT molecular complexity index is 513. The number of methoxy groups -OCH3 is 1. The lowest BCUT2D eigenvalue weighted by Gasteiger charge is -2.08. The van der Waals surface area contributed by atoms with Crippen LogP contribution >= 0.6 is 0 Å². The van der Waals surface area contributed by atoms with E-state index < -0.39 is 0 Å². The molecule has 0 unspecified atom stereocenters. The Kier molecular flexibility index (Phi) is 4.46. The number of imidazole rings is 1. The van der Waals surface area contributed by atoms with Crippen molar-refractivity contribution in [3.05, 3.63) is 35.8 Å². The monoisotopic (exact) mass is 261 g/mol. The molecule has 0 aliphatic rings. The SMILES string of the molecule is CCNc1cc(Cc2nccn2C)nc(COC)n1. The molecule has 0 aliphatic heterocycles. The molecule has 0 bridgehead atoms. The van der Waals surface area contributed by atoms with Crippen molar-refractivity contribution < 1.29 is 4.74 Å². The molecular weight excluding hydrogens is 242 g/mol. The highest BCUT2D eigenvalue weighted by molar-refractivity contribution is 5.36. The van der Waals surface area contributed by atoms with Gasteiger partial charge in [-0.25, -0.2) is 15.0 Å². The Morgan fingerprint density at radius 3 is 2.84 bits per heavy atom. The fourth-order valence-electron chi connectivity index (χ4n) is 1.84. The Hall–Kier alpha value is -1.95. The molecule has 0 amide bonds. The van der Waals surface area contributed by atoms with Crippen LogP contribution in [0.3, 0.4) is 0 Å². The maximum atomic E-state index is 5.10. The van der Waals surface area contributed by atoms with E-state index >= 15 is 0 Å². The number of anilines is 1. The van der Waals surface area contributed by atoms with Gasteiger partial charge in [0.1, 0.15) is 18.2 Å². The first kappa shape index (κ1) is 13.5. The smallest absolute Gasteiger partial charge is 0.156 e. The van der Waals surface area contributed by atoms with Crippen LogP contribution < -0.4 is 5.32 Å². The molecule has 0 saturated heterocycles. The van der Waals surface area contributed by atoms with Crippen molar-refractivity contribution in [1.29, 1.82) is 0 Å². The molecule has 1 N–H and O–H groups in total. The zero-order chi connectivity index (χ0) is 13.7. The molecule has 2 rings (SSSR count). The Labute approximate surface area is 112 Å². The molecule has 6 nitrogen and oxygen atoms in total. The van der Waals surface area contributed by atoms with Gasteiger partial charge < -0.3 is 14.6 Å². The first-order valence-electron chi connectivity index (χ1n) is 6.28. The Balaban J connectivity index is 2.25. The molecule has 102 valence electrons. The third-order valence-electron chi connectivity index (χ3n) is 2.72. The van der Waals surface area contributed by atoms with Gasteiger partial charge in [0.2, 0.25) is 0 Å². The molecule has 0 fully saturated rings. The minimum Gasteiger partial charge on any atom is -0.377 e. The van der Waals surface area contributed by atoms with Crippen LogP contribution in [0.2, 0.25) is 0 Å². The van der Waals surface area contributed by atoms with E-state index in [1.54, 1.807) is 13.3 Å². The molecule has 6 heteroatoms. The summed E-state index contributed by atoms with van der Waals surface area (Å²) in [6, 6.07) is 1.96. The quantitative estimate of drug-likeness (QED) is 0.851. The third-order valence-corrected chi connectivity index (χ3v) is 2.72. The van der Waals surface area contributed by atoms with Crippen LogP contribution in [0.5, 0.6) is 0 Å². The summed E-state index contributed by atoms with van der Waals surface area (Å²) in [6.07, 6.45) is 4.40. The van der Waals surface area contributed by atoms with E-state index in [-0.39, 0.29) is 0 Å². The molecule has 0 atom stereocenters. The first-order chi connectivity index (χ1) is 9.22. The van der Waals surface area contributed by atoms with Crippen LogP contribution in [-0.2, 0) is 24.8 Å². The van der Waals surface area contributed by atoms with E-state index in [0.717, 1.165) is 23.9 Å². The second kappa shape index (κ2) is 6.29. The van der Waals surface area contributed by atoms with E-state index in [9.17, 15) is 0 Å². The average Bonchev–Trinajstić information content (AvgIpc) is 2.76. The van der Waals surface area contributed by atoms with Gasteiger partial charge in [0.25, 0.3) is 0 Å². The number of rotatable bonds is 6. The van der Waals surface area contributed by atoms with E-state index in [0.29, 0.717) is 18.9 Å². The molecule has 0 aromatic carbocycles. The Morgan fingerprint density at radius 2 is 2.21 bits per heavy atom. The van der Waals surface area contributed by atoms with E-state index in [1.165, 1.54) is 0 Å². The van der Waals surface area contributed by atoms with Crippen LogP contribution in [-0.4, -0.2) is 33.2 Å². The van der Waals surface area contributed by atoms with Crippen LogP contribution in [0.15, 0.2) is 18.5 Å². The molecule has 2 heterocycles. The van der Waals surface area contributed by atoms with Gasteiger partial charge in [0.05, 0.1) is 5.69 Å². The van der Waals surface area contributed by atoms with Crippen LogP contribution in [0.1, 0.15) is 24.3 Å². The van der Waals surface area contributed by atoms with Crippen LogP contribution in [0.4, 0.5) is 5.82 Å². The maximum Gasteiger partial charge on any atom is 0.156 e. The van der Waals surface area contributed by atoms with Gasteiger partial charge in [-0.2, -0.15) is 0 Å². The fourth-order valence-corrected chi connectivity index (χ4v) is 1.84. The van der Waals surface area contributed by atoms with E-state index in [1.807, 2.05) is 30.8 Å². The number of nitrogens with zero attached hydrogens (tertiary/aromatic N) is 4. The lowest BCUT2D eigenvalue weighted by Crippen LogP contribution is -2.08. The molecule has 0 saturated carbocycles. The largest absolute Gasteiger partial charge is 0.377 e. The second-order valence-corrected chi connectivity index (χ2v) is 4.26. The first-order valence-corrected chi connectivity index (χ1v) is 6.28. The average molecular weight is 261 g/mol. The summed E-state index contributed by atoms with van der Waals surface area (Å²) >= 11 is 0. The van der Waals surface area contributed by atoms with Crippen molar-refractivity contribution in [2.75, 3.05) is 19.0 Å². The molecule has 2 aromatic heterocycles. The predicted octanol–water partition coefficient (Wildman–Crippen LogP) is 1.38. The van der Waals surface area contributed by atoms with Gasteiger partial charge in [-0.1, -0.05) is 0 Å². The molecule has 2 aromatic rings. The summed E-state index contributed by atoms with van der Waals surface area (Å²) in [5.41, 5.74) is 0.937. The molecule has 19 heavy (non-hydrogen) atoms. The van der Waals surface area contributed by atoms with Gasteiger partial charge >= 0.3 is 0 Å². The number of nitrogens with one attached hydrogen (secondary N) is 1. The van der Waals surface area contributed by atoms with Crippen LogP contribution in [0.25, 0.3) is 0 Å². The van der Waals surface area contributed by atoms with Crippen molar-refractivity contribution >= 4 is 5.82 Å². The fraction of sp³-hybridized carbons (Fsp3) is 0.462. The predicted molar refractivity (Wildman–Crippen MR) is 72.9 cm³/mol. The number of ether oxygens (including phenoxy) is 1. The standard InChI is InChI=1S/C13H19N5O/c1-4-14-11-7-10(16-12(17-11)9-19-3)8-13-15-5-6-18(13)2/h5-7H,4,8-9H2,1-3H3,(H,14,16,17). The summed E-state index contributed by atoms with van der Waals surface area (Å²) in [6.45, 7) is 3.27. The van der Waals surface area contributed by atoms with Gasteiger partial charge in [-0.3, -0.25) is 0 Å². The lowest BCUT2D eigenvalue weighted by atomic mass is 10.2. The normalized spacial score (nSPS) is 10.7. The summed E-state index contributed by atoms with van der Waals surface area (Å²) in [7, 11) is 3.62. The Morgan fingerprint density at radius 1 is 1.37 bits per heavy atom. The van der Waals surface area contributed by atoms with Gasteiger partial charge in [0, 0.05) is 45.6 Å². The number of aromatic nitrogens is 4. The van der Waals surface area contributed by atoms with Crippen molar-refractivity contribution in [3.8, 4) is 0 Å². The zero-order valence-electron chi connectivity index (χ0n) is 11.6. The van der Waals surface area contributed by atoms with Crippen molar-refractivity contribution in [1.82, 2.24) is 19.5 Å². The van der Waals surface area contributed by atoms with Crippen LogP contribution in [0, 0.1) is 0 Å². The molecule has 0 aliphatic carbocycles. The lowest BCUT2D eigenvalue weighted by molar-refractivity contribution is 0.177. The highest BCUT2D eigenvalue weighted by atomic mass is 16.5. The minimum atomic E-state index is 0.410.